The quantitative estimate of drug-likeness (QED) is 0.582. The molecule has 3 heterocycles. The van der Waals surface area contributed by atoms with Crippen LogP contribution in [-0.2, 0) is 4.74 Å². The van der Waals surface area contributed by atoms with Crippen molar-refractivity contribution in [2.24, 2.45) is 5.92 Å². The summed E-state index contributed by atoms with van der Waals surface area (Å²) in [6.07, 6.45) is 2.84. The number of amides is 1. The molecule has 2 aromatic rings. The molecule has 1 amide bonds. The van der Waals surface area contributed by atoms with Gasteiger partial charge in [0.2, 0.25) is 0 Å². The minimum absolute atomic E-state index is 0.0485. The first-order valence-electron chi connectivity index (χ1n) is 12.1. The highest BCUT2D eigenvalue weighted by Gasteiger charge is 2.34. The Hall–Kier alpha value is -3.00. The Kier molecular flexibility index (Phi) is 7.04. The molecule has 0 bridgehead atoms. The fourth-order valence-corrected chi connectivity index (χ4v) is 4.86. The van der Waals surface area contributed by atoms with Gasteiger partial charge in [-0.15, -0.1) is 0 Å². The number of benzene rings is 2. The SMILES string of the molecule is O=C1OCC(COc2ccccc2)N1CCC1CCN(CC2COc3cc(F)ccc3O2)CC1. The van der Waals surface area contributed by atoms with Crippen LogP contribution in [0.4, 0.5) is 9.18 Å². The highest BCUT2D eigenvalue weighted by atomic mass is 19.1. The highest BCUT2D eigenvalue weighted by Crippen LogP contribution is 2.32. The van der Waals surface area contributed by atoms with Crippen molar-refractivity contribution in [2.45, 2.75) is 31.4 Å². The standard InChI is InChI=1S/C26H31FN2O5/c27-20-6-7-24-25(14-20)32-18-23(34-24)15-28-11-8-19(9-12-28)10-13-29-21(17-33-26(29)30)16-31-22-4-2-1-3-5-22/h1-7,14,19,21,23H,8-13,15-18H2. The molecule has 7 nitrogen and oxygen atoms in total. The molecule has 8 heteroatoms. The maximum absolute atomic E-state index is 13.3. The third kappa shape index (κ3) is 5.55. The number of carbonyl (C=O) groups excluding carboxylic acids is 1. The van der Waals surface area contributed by atoms with Crippen LogP contribution in [0.15, 0.2) is 48.5 Å². The van der Waals surface area contributed by atoms with Crippen molar-refractivity contribution in [3.63, 3.8) is 0 Å². The summed E-state index contributed by atoms with van der Waals surface area (Å²) in [7, 11) is 0. The lowest BCUT2D eigenvalue weighted by Gasteiger charge is -2.36. The summed E-state index contributed by atoms with van der Waals surface area (Å²) in [4.78, 5) is 16.5. The van der Waals surface area contributed by atoms with Crippen LogP contribution in [0.3, 0.4) is 0 Å². The van der Waals surface area contributed by atoms with Gasteiger partial charge in [-0.05, 0) is 62.5 Å². The highest BCUT2D eigenvalue weighted by molar-refractivity contribution is 5.70. The van der Waals surface area contributed by atoms with Crippen LogP contribution in [0, 0.1) is 11.7 Å². The number of rotatable bonds is 8. The molecule has 2 aromatic carbocycles. The van der Waals surface area contributed by atoms with Gasteiger partial charge in [-0.1, -0.05) is 18.2 Å². The van der Waals surface area contributed by atoms with Gasteiger partial charge in [0.15, 0.2) is 11.5 Å². The third-order valence-corrected chi connectivity index (χ3v) is 6.83. The molecule has 0 saturated carbocycles. The van der Waals surface area contributed by atoms with Crippen molar-refractivity contribution in [2.75, 3.05) is 46.0 Å². The Bertz CT molecular complexity index is 967. The summed E-state index contributed by atoms with van der Waals surface area (Å²) in [5.41, 5.74) is 0. The van der Waals surface area contributed by atoms with Crippen LogP contribution in [0.5, 0.6) is 17.2 Å². The van der Waals surface area contributed by atoms with Crippen molar-refractivity contribution in [1.29, 1.82) is 0 Å². The van der Waals surface area contributed by atoms with Crippen molar-refractivity contribution in [1.82, 2.24) is 9.80 Å². The number of hydrogen-bond donors (Lipinski definition) is 0. The molecular formula is C26H31FN2O5. The zero-order valence-corrected chi connectivity index (χ0v) is 19.2. The molecule has 0 spiro atoms. The van der Waals surface area contributed by atoms with Crippen LogP contribution in [0.2, 0.25) is 0 Å². The second-order valence-corrected chi connectivity index (χ2v) is 9.22. The monoisotopic (exact) mass is 470 g/mol. The van der Waals surface area contributed by atoms with Gasteiger partial charge in [0, 0.05) is 19.2 Å². The van der Waals surface area contributed by atoms with E-state index in [1.807, 2.05) is 35.2 Å². The van der Waals surface area contributed by atoms with E-state index in [-0.39, 0.29) is 24.1 Å². The number of cyclic esters (lactones) is 1. The van der Waals surface area contributed by atoms with E-state index in [4.69, 9.17) is 18.9 Å². The number of ether oxygens (including phenoxy) is 4. The largest absolute Gasteiger partial charge is 0.491 e. The lowest BCUT2D eigenvalue weighted by Crippen LogP contribution is -2.44. The van der Waals surface area contributed by atoms with Gasteiger partial charge in [0.1, 0.15) is 43.5 Å². The first kappa shape index (κ1) is 22.8. The van der Waals surface area contributed by atoms with Gasteiger partial charge in [0.25, 0.3) is 0 Å². The number of likely N-dealkylation sites (tertiary alicyclic amines) is 1. The molecule has 34 heavy (non-hydrogen) atoms. The van der Waals surface area contributed by atoms with E-state index < -0.39 is 0 Å². The Balaban J connectivity index is 1.04. The molecule has 182 valence electrons. The molecule has 0 aliphatic carbocycles. The van der Waals surface area contributed by atoms with Crippen molar-refractivity contribution < 1.29 is 28.1 Å². The molecule has 5 rings (SSSR count). The molecule has 0 aromatic heterocycles. The van der Waals surface area contributed by atoms with E-state index in [1.165, 1.54) is 12.1 Å². The molecule has 3 aliphatic heterocycles. The molecule has 3 aliphatic rings. The minimum Gasteiger partial charge on any atom is -0.491 e. The van der Waals surface area contributed by atoms with E-state index in [0.717, 1.165) is 44.6 Å². The number of nitrogens with zero attached hydrogens (tertiary/aromatic N) is 2. The number of carbonyl (C=O) groups is 1. The molecule has 2 unspecified atom stereocenters. The summed E-state index contributed by atoms with van der Waals surface area (Å²) < 4.78 is 36.2. The van der Waals surface area contributed by atoms with Crippen LogP contribution in [0.25, 0.3) is 0 Å². The van der Waals surface area contributed by atoms with Gasteiger partial charge in [0.05, 0.1) is 0 Å². The number of fused-ring (bicyclic) bond motifs is 1. The average molecular weight is 471 g/mol. The molecular weight excluding hydrogens is 439 g/mol. The molecule has 2 saturated heterocycles. The first-order valence-corrected chi connectivity index (χ1v) is 12.1. The second-order valence-electron chi connectivity index (χ2n) is 9.22. The summed E-state index contributed by atoms with van der Waals surface area (Å²) in [6, 6.07) is 14.0. The van der Waals surface area contributed by atoms with E-state index >= 15 is 0 Å². The zero-order valence-electron chi connectivity index (χ0n) is 19.2. The van der Waals surface area contributed by atoms with Crippen molar-refractivity contribution >= 4 is 6.09 Å². The van der Waals surface area contributed by atoms with E-state index in [2.05, 4.69) is 4.90 Å². The average Bonchev–Trinajstić information content (AvgIpc) is 3.22. The van der Waals surface area contributed by atoms with Gasteiger partial charge in [-0.3, -0.25) is 9.80 Å². The van der Waals surface area contributed by atoms with Crippen LogP contribution in [-0.4, -0.2) is 74.0 Å². The Labute approximate surface area is 199 Å². The second kappa shape index (κ2) is 10.5. The topological polar surface area (TPSA) is 60.5 Å². The van der Waals surface area contributed by atoms with E-state index in [0.29, 0.717) is 43.8 Å². The van der Waals surface area contributed by atoms with Crippen LogP contribution in [0.1, 0.15) is 19.3 Å². The summed E-state index contributed by atoms with van der Waals surface area (Å²) in [5.74, 6) is 2.14. The fourth-order valence-electron chi connectivity index (χ4n) is 4.86. The van der Waals surface area contributed by atoms with Crippen molar-refractivity contribution in [3.8, 4) is 17.2 Å². The van der Waals surface area contributed by atoms with Crippen molar-refractivity contribution in [3.05, 3.63) is 54.3 Å². The summed E-state index contributed by atoms with van der Waals surface area (Å²) in [5, 5.41) is 0. The normalized spacial score (nSPS) is 23.1. The molecule has 0 N–H and O–H groups in total. The molecule has 0 radical (unpaired) electrons. The number of halogens is 1. The predicted octanol–water partition coefficient (Wildman–Crippen LogP) is 3.97. The van der Waals surface area contributed by atoms with Crippen LogP contribution >= 0.6 is 0 Å². The number of hydrogen-bond acceptors (Lipinski definition) is 6. The van der Waals surface area contributed by atoms with Crippen LogP contribution < -0.4 is 14.2 Å². The maximum atomic E-state index is 13.3. The molecule has 2 fully saturated rings. The van der Waals surface area contributed by atoms with Gasteiger partial charge in [-0.25, -0.2) is 9.18 Å². The minimum atomic E-state index is -0.319. The van der Waals surface area contributed by atoms with Gasteiger partial charge < -0.3 is 18.9 Å². The lowest BCUT2D eigenvalue weighted by molar-refractivity contribution is 0.0462. The Morgan fingerprint density at radius 2 is 1.82 bits per heavy atom. The Morgan fingerprint density at radius 3 is 2.65 bits per heavy atom. The summed E-state index contributed by atoms with van der Waals surface area (Å²) >= 11 is 0. The fraction of sp³-hybridized carbons (Fsp3) is 0.500. The van der Waals surface area contributed by atoms with E-state index in [1.54, 1.807) is 6.07 Å². The maximum Gasteiger partial charge on any atom is 0.410 e. The van der Waals surface area contributed by atoms with Gasteiger partial charge >= 0.3 is 6.09 Å². The third-order valence-electron chi connectivity index (χ3n) is 6.83. The van der Waals surface area contributed by atoms with E-state index in [9.17, 15) is 9.18 Å². The first-order chi connectivity index (χ1) is 16.6. The summed E-state index contributed by atoms with van der Waals surface area (Å²) in [6.45, 7) is 4.72. The zero-order chi connectivity index (χ0) is 23.3. The predicted molar refractivity (Wildman–Crippen MR) is 124 cm³/mol. The number of piperidine rings is 1. The molecule has 2 atom stereocenters. The lowest BCUT2D eigenvalue weighted by atomic mass is 9.93. The smallest absolute Gasteiger partial charge is 0.410 e. The number of para-hydroxylation sites is 1. The van der Waals surface area contributed by atoms with Gasteiger partial charge in [-0.2, -0.15) is 0 Å². The Morgan fingerprint density at radius 1 is 1.00 bits per heavy atom.